The monoisotopic (exact) mass is 441 g/mol. The van der Waals surface area contributed by atoms with E-state index >= 15 is 0 Å². The van der Waals surface area contributed by atoms with E-state index in [9.17, 15) is 9.50 Å². The van der Waals surface area contributed by atoms with Gasteiger partial charge in [-0.1, -0.05) is 29.8 Å². The molecule has 0 bridgehead atoms. The SMILES string of the molecule is CC(O)c1cnn2c(N[C@@H]3CCC4=C(C3)c3ccccc3C4)cc(-c3cncc(F)c3)nc12. The van der Waals surface area contributed by atoms with Crippen LogP contribution in [0.15, 0.2) is 60.6 Å². The highest BCUT2D eigenvalue weighted by Crippen LogP contribution is 2.42. The minimum absolute atomic E-state index is 0.234. The predicted molar refractivity (Wildman–Crippen MR) is 125 cm³/mol. The van der Waals surface area contributed by atoms with E-state index in [-0.39, 0.29) is 6.04 Å². The molecule has 33 heavy (non-hydrogen) atoms. The van der Waals surface area contributed by atoms with Gasteiger partial charge in [0.15, 0.2) is 5.65 Å². The number of anilines is 1. The number of fused-ring (bicyclic) bond motifs is 3. The third-order valence-electron chi connectivity index (χ3n) is 6.72. The van der Waals surface area contributed by atoms with Crippen molar-refractivity contribution >= 4 is 17.0 Å². The Bertz CT molecular complexity index is 1410. The molecule has 0 saturated carbocycles. The number of rotatable bonds is 4. The molecular formula is C26H24FN5O. The highest BCUT2D eigenvalue weighted by Gasteiger charge is 2.28. The number of allylic oxidation sites excluding steroid dienone is 1. The van der Waals surface area contributed by atoms with Crippen LogP contribution in [-0.4, -0.2) is 30.7 Å². The van der Waals surface area contributed by atoms with E-state index in [2.05, 4.69) is 44.6 Å². The first-order valence-corrected chi connectivity index (χ1v) is 11.3. The second-order valence-electron chi connectivity index (χ2n) is 8.93. The minimum Gasteiger partial charge on any atom is -0.389 e. The fraction of sp³-hybridized carbons (Fsp3) is 0.269. The molecule has 2 aliphatic rings. The zero-order valence-corrected chi connectivity index (χ0v) is 18.3. The number of aromatic nitrogens is 4. The molecule has 0 spiro atoms. The predicted octanol–water partition coefficient (Wildman–Crippen LogP) is 4.96. The maximum Gasteiger partial charge on any atom is 0.163 e. The van der Waals surface area contributed by atoms with Crippen LogP contribution in [0.1, 0.15) is 49.0 Å². The van der Waals surface area contributed by atoms with Crippen molar-refractivity contribution in [3.8, 4) is 11.3 Å². The second-order valence-corrected chi connectivity index (χ2v) is 8.93. The first kappa shape index (κ1) is 20.1. The van der Waals surface area contributed by atoms with Crippen LogP contribution in [0, 0.1) is 5.82 Å². The lowest BCUT2D eigenvalue weighted by Gasteiger charge is -2.26. The summed E-state index contributed by atoms with van der Waals surface area (Å²) >= 11 is 0. The van der Waals surface area contributed by atoms with E-state index in [1.165, 1.54) is 29.0 Å². The molecule has 2 N–H and O–H groups in total. The molecule has 0 radical (unpaired) electrons. The first-order chi connectivity index (χ1) is 16.1. The normalized spacial score (nSPS) is 18.3. The van der Waals surface area contributed by atoms with Crippen molar-refractivity contribution in [3.63, 3.8) is 0 Å². The number of hydrogen-bond acceptors (Lipinski definition) is 5. The van der Waals surface area contributed by atoms with Crippen molar-refractivity contribution in [1.82, 2.24) is 19.6 Å². The van der Waals surface area contributed by atoms with Crippen LogP contribution in [0.3, 0.4) is 0 Å². The quantitative estimate of drug-likeness (QED) is 0.468. The van der Waals surface area contributed by atoms with Crippen LogP contribution in [0.2, 0.25) is 0 Å². The number of nitrogens with zero attached hydrogens (tertiary/aromatic N) is 4. The summed E-state index contributed by atoms with van der Waals surface area (Å²) in [7, 11) is 0. The average Bonchev–Trinajstić information content (AvgIpc) is 3.41. The van der Waals surface area contributed by atoms with Crippen molar-refractivity contribution in [1.29, 1.82) is 0 Å². The summed E-state index contributed by atoms with van der Waals surface area (Å²) in [5.41, 5.74) is 8.15. The number of hydrogen-bond donors (Lipinski definition) is 2. The molecule has 2 aliphatic carbocycles. The van der Waals surface area contributed by atoms with Gasteiger partial charge in [-0.15, -0.1) is 0 Å². The van der Waals surface area contributed by atoms with E-state index in [0.29, 0.717) is 22.5 Å². The molecular weight excluding hydrogens is 417 g/mol. The van der Waals surface area contributed by atoms with Gasteiger partial charge in [0, 0.05) is 29.4 Å². The summed E-state index contributed by atoms with van der Waals surface area (Å²) in [4.78, 5) is 8.66. The van der Waals surface area contributed by atoms with Gasteiger partial charge in [-0.05, 0) is 55.4 Å². The van der Waals surface area contributed by atoms with Crippen molar-refractivity contribution in [3.05, 3.63) is 83.1 Å². The lowest BCUT2D eigenvalue weighted by atomic mass is 9.88. The Kier molecular flexibility index (Phi) is 4.73. The van der Waals surface area contributed by atoms with E-state index < -0.39 is 11.9 Å². The smallest absolute Gasteiger partial charge is 0.163 e. The Balaban J connectivity index is 1.38. The Morgan fingerprint density at radius 2 is 2.06 bits per heavy atom. The van der Waals surface area contributed by atoms with Crippen molar-refractivity contribution < 1.29 is 9.50 Å². The number of aliphatic hydroxyl groups is 1. The summed E-state index contributed by atoms with van der Waals surface area (Å²) in [6.07, 6.45) is 7.78. The van der Waals surface area contributed by atoms with Crippen molar-refractivity contribution in [2.45, 2.75) is 44.8 Å². The maximum absolute atomic E-state index is 13.9. The summed E-state index contributed by atoms with van der Waals surface area (Å²) in [6, 6.07) is 12.2. The molecule has 0 amide bonds. The van der Waals surface area contributed by atoms with Gasteiger partial charge in [-0.2, -0.15) is 9.61 Å². The number of pyridine rings is 1. The second kappa shape index (κ2) is 7.78. The molecule has 2 atom stereocenters. The van der Waals surface area contributed by atoms with Gasteiger partial charge in [0.2, 0.25) is 0 Å². The van der Waals surface area contributed by atoms with Crippen LogP contribution < -0.4 is 5.32 Å². The van der Waals surface area contributed by atoms with Crippen LogP contribution in [0.25, 0.3) is 22.5 Å². The van der Waals surface area contributed by atoms with Crippen LogP contribution in [-0.2, 0) is 6.42 Å². The van der Waals surface area contributed by atoms with E-state index in [1.54, 1.807) is 29.4 Å². The Hall–Kier alpha value is -3.58. The fourth-order valence-corrected chi connectivity index (χ4v) is 5.10. The average molecular weight is 442 g/mol. The topological polar surface area (TPSA) is 75.3 Å². The lowest BCUT2D eigenvalue weighted by Crippen LogP contribution is -2.24. The Labute approximate surface area is 190 Å². The third-order valence-corrected chi connectivity index (χ3v) is 6.72. The molecule has 166 valence electrons. The maximum atomic E-state index is 13.9. The van der Waals surface area contributed by atoms with E-state index in [4.69, 9.17) is 0 Å². The molecule has 7 heteroatoms. The van der Waals surface area contributed by atoms with Crippen molar-refractivity contribution in [2.75, 3.05) is 5.32 Å². The van der Waals surface area contributed by atoms with E-state index in [0.717, 1.165) is 31.5 Å². The molecule has 3 heterocycles. The van der Waals surface area contributed by atoms with Gasteiger partial charge < -0.3 is 10.4 Å². The number of benzene rings is 1. The van der Waals surface area contributed by atoms with Crippen LogP contribution in [0.5, 0.6) is 0 Å². The summed E-state index contributed by atoms with van der Waals surface area (Å²) in [5, 5.41) is 18.4. The van der Waals surface area contributed by atoms with Gasteiger partial charge in [0.05, 0.1) is 24.2 Å². The Morgan fingerprint density at radius 3 is 2.91 bits per heavy atom. The van der Waals surface area contributed by atoms with E-state index in [1.807, 2.05) is 6.07 Å². The van der Waals surface area contributed by atoms with Gasteiger partial charge in [-0.3, -0.25) is 4.98 Å². The fourth-order valence-electron chi connectivity index (χ4n) is 5.10. The molecule has 1 aromatic carbocycles. The first-order valence-electron chi connectivity index (χ1n) is 11.3. The minimum atomic E-state index is -0.721. The highest BCUT2D eigenvalue weighted by molar-refractivity contribution is 5.78. The summed E-state index contributed by atoms with van der Waals surface area (Å²) in [6.45, 7) is 1.69. The number of aliphatic hydroxyl groups excluding tert-OH is 1. The molecule has 0 fully saturated rings. The zero-order chi connectivity index (χ0) is 22.5. The number of halogens is 1. The van der Waals surface area contributed by atoms with Crippen LogP contribution >= 0.6 is 0 Å². The van der Waals surface area contributed by atoms with Crippen LogP contribution in [0.4, 0.5) is 10.2 Å². The van der Waals surface area contributed by atoms with Crippen molar-refractivity contribution in [2.24, 2.45) is 0 Å². The van der Waals surface area contributed by atoms with Gasteiger partial charge in [-0.25, -0.2) is 9.37 Å². The highest BCUT2D eigenvalue weighted by atomic mass is 19.1. The summed E-state index contributed by atoms with van der Waals surface area (Å²) < 4.78 is 15.6. The molecule has 0 aliphatic heterocycles. The van der Waals surface area contributed by atoms with Gasteiger partial charge in [0.1, 0.15) is 11.6 Å². The van der Waals surface area contributed by atoms with Gasteiger partial charge >= 0.3 is 0 Å². The zero-order valence-electron chi connectivity index (χ0n) is 18.3. The Morgan fingerprint density at radius 1 is 1.18 bits per heavy atom. The largest absolute Gasteiger partial charge is 0.389 e. The third kappa shape index (κ3) is 3.49. The molecule has 6 nitrogen and oxygen atoms in total. The molecule has 0 saturated heterocycles. The molecule has 6 rings (SSSR count). The number of nitrogens with one attached hydrogen (secondary N) is 1. The molecule has 3 aromatic heterocycles. The standard InChI is InChI=1S/C26H24FN5O/c1-15(33)23-14-29-32-25(11-24(31-26(23)32)18-9-19(27)13-28-12-18)30-20-7-6-17-8-16-4-2-3-5-21(16)22(17)10-20/h2-5,9,11-15,20,30,33H,6-8,10H2,1H3/t15?,20-/m1/s1. The molecule has 1 unspecified atom stereocenters. The molecule has 4 aromatic rings. The van der Waals surface area contributed by atoms with Gasteiger partial charge in [0.25, 0.3) is 0 Å². The summed E-state index contributed by atoms with van der Waals surface area (Å²) in [5.74, 6) is 0.353. The lowest BCUT2D eigenvalue weighted by molar-refractivity contribution is 0.200.